The molecule has 0 aliphatic heterocycles. The van der Waals surface area contributed by atoms with Gasteiger partial charge < -0.3 is 29.3 Å². The normalized spacial score (nSPS) is 10.8. The molecule has 10 nitrogen and oxygen atoms in total. The van der Waals surface area contributed by atoms with Crippen LogP contribution in [-0.4, -0.2) is 73.6 Å². The third-order valence-electron chi connectivity index (χ3n) is 9.11. The van der Waals surface area contributed by atoms with E-state index in [4.69, 9.17) is 0 Å². The summed E-state index contributed by atoms with van der Waals surface area (Å²) < 4.78 is 8.93. The summed E-state index contributed by atoms with van der Waals surface area (Å²) in [5, 5.41) is 20.3. The molecule has 0 aliphatic carbocycles. The molecule has 55 heavy (non-hydrogen) atoms. The molecule has 0 bridgehead atoms. The van der Waals surface area contributed by atoms with E-state index in [1.807, 2.05) is 0 Å². The minimum atomic E-state index is -1.50. The molecule has 0 unspecified atom stereocenters. The average molecular weight is 803 g/mol. The summed E-state index contributed by atoms with van der Waals surface area (Å²) in [4.78, 5) is 65.2. The van der Waals surface area contributed by atoms with Crippen LogP contribution < -0.4 is 10.2 Å². The maximum absolute atomic E-state index is 11.4. The summed E-state index contributed by atoms with van der Waals surface area (Å²) in [7, 11) is 0. The van der Waals surface area contributed by atoms with Crippen LogP contribution in [0.15, 0.2) is 24.3 Å². The quantitative estimate of drug-likeness (QED) is 0.0196. The van der Waals surface area contributed by atoms with Crippen LogP contribution in [0, 0.1) is 0 Å². The number of esters is 4. The van der Waals surface area contributed by atoms with Gasteiger partial charge >= 0.3 is 61.6 Å². The number of carboxylic acids is 2. The second-order valence-electron chi connectivity index (χ2n) is 14.3. The summed E-state index contributed by atoms with van der Waals surface area (Å²) in [5.41, 5.74) is 0. The molecule has 0 fully saturated rings. The number of rotatable bonds is 36. The van der Waals surface area contributed by atoms with Gasteiger partial charge in [-0.05, 0) is 25.0 Å². The molecule has 312 valence electrons. The van der Waals surface area contributed by atoms with Crippen molar-refractivity contribution in [1.29, 1.82) is 0 Å². The molecule has 0 amide bonds. The number of hydrogen-bond donors (Lipinski definition) is 0. The third kappa shape index (κ3) is 52.0. The Balaban J connectivity index is -0.000000966. The Morgan fingerprint density at radius 2 is 0.545 bits per heavy atom. The monoisotopic (exact) mass is 802 g/mol. The number of carboxylic acid groups (broad SMARTS) is 2. The fourth-order valence-corrected chi connectivity index (χ4v) is 5.95. The Kier molecular flexibility index (Phi) is 48.3. The van der Waals surface area contributed by atoms with Crippen molar-refractivity contribution in [3.63, 3.8) is 0 Å². The van der Waals surface area contributed by atoms with Gasteiger partial charge in [0.05, 0.1) is 11.9 Å². The molecule has 0 aromatic carbocycles. The Bertz CT molecular complexity index is 944. The van der Waals surface area contributed by atoms with Gasteiger partial charge in [0.25, 0.3) is 0 Å². The first kappa shape index (κ1) is 57.3. The van der Waals surface area contributed by atoms with E-state index in [-0.39, 0.29) is 50.6 Å². The van der Waals surface area contributed by atoms with Gasteiger partial charge in [-0.2, -0.15) is 0 Å². The predicted octanol–water partition coefficient (Wildman–Crippen LogP) is 8.87. The molecule has 0 radical (unpaired) electrons. The Morgan fingerprint density at radius 1 is 0.345 bits per heavy atom. The van der Waals surface area contributed by atoms with Crippen molar-refractivity contribution in [3.05, 3.63) is 24.3 Å². The van der Waals surface area contributed by atoms with Crippen molar-refractivity contribution >= 4 is 73.6 Å². The Labute approximate surface area is 363 Å². The first-order valence-corrected chi connectivity index (χ1v) is 21.4. The second-order valence-corrected chi connectivity index (χ2v) is 14.3. The molecule has 11 heteroatoms. The smallest absolute Gasteiger partial charge is 0.545 e. The minimum absolute atomic E-state index is 0. The van der Waals surface area contributed by atoms with Crippen LogP contribution in [0.1, 0.15) is 219 Å². The third-order valence-corrected chi connectivity index (χ3v) is 9.11. The van der Waals surface area contributed by atoms with Gasteiger partial charge in [-0.1, -0.05) is 194 Å². The van der Waals surface area contributed by atoms with E-state index in [9.17, 15) is 39.0 Å². The van der Waals surface area contributed by atoms with E-state index in [0.29, 0.717) is 37.1 Å². The topological polar surface area (TPSA) is 167 Å². The summed E-state index contributed by atoms with van der Waals surface area (Å²) >= 11 is 0. The minimum Gasteiger partial charge on any atom is -0.545 e. The number of aliphatic carboxylic acids is 2. The van der Waals surface area contributed by atoms with Crippen LogP contribution in [0.3, 0.4) is 0 Å². The Morgan fingerprint density at radius 3 is 0.745 bits per heavy atom. The van der Waals surface area contributed by atoms with E-state index in [1.54, 1.807) is 0 Å². The van der Waals surface area contributed by atoms with Crippen molar-refractivity contribution in [2.75, 3.05) is 0 Å². The van der Waals surface area contributed by atoms with Crippen LogP contribution in [0.4, 0.5) is 0 Å². The van der Waals surface area contributed by atoms with Gasteiger partial charge in [0, 0.05) is 25.0 Å². The summed E-state index contributed by atoms with van der Waals surface area (Å²) in [5.74, 6) is -6.16. The summed E-state index contributed by atoms with van der Waals surface area (Å²) in [6, 6.07) is 0. The SMILES string of the molecule is CCCCCCCCCCCCCCCCCC(=O)OC(=O)C=CC(=O)[O-].CCCCCCCCCCCCCCCCCC(=O)OC(=O)C=CC(=O)[O-].[Ca+2]. The molecular formula is C44H74CaO10. The van der Waals surface area contributed by atoms with Crippen LogP contribution >= 0.6 is 0 Å². The van der Waals surface area contributed by atoms with Crippen LogP contribution in [0.25, 0.3) is 0 Å². The molecular weight excluding hydrogens is 729 g/mol. The zero-order valence-electron chi connectivity index (χ0n) is 34.7. The van der Waals surface area contributed by atoms with Gasteiger partial charge in [0.2, 0.25) is 0 Å². The van der Waals surface area contributed by atoms with E-state index in [0.717, 1.165) is 25.7 Å². The first-order chi connectivity index (χ1) is 26.1. The fraction of sp³-hybridized carbons (Fsp3) is 0.773. The molecule has 0 saturated heterocycles. The zero-order chi connectivity index (χ0) is 40.3. The van der Waals surface area contributed by atoms with Crippen LogP contribution in [0.2, 0.25) is 0 Å². The van der Waals surface area contributed by atoms with Crippen LogP contribution in [-0.2, 0) is 38.2 Å². The molecule has 0 spiro atoms. The maximum atomic E-state index is 11.4. The van der Waals surface area contributed by atoms with Gasteiger partial charge in [-0.15, -0.1) is 0 Å². The maximum Gasteiger partial charge on any atom is 2.00 e. The van der Waals surface area contributed by atoms with Crippen molar-refractivity contribution < 1.29 is 48.5 Å². The van der Waals surface area contributed by atoms with Crippen molar-refractivity contribution in [2.24, 2.45) is 0 Å². The van der Waals surface area contributed by atoms with Gasteiger partial charge in [0.1, 0.15) is 0 Å². The van der Waals surface area contributed by atoms with Crippen LogP contribution in [0.5, 0.6) is 0 Å². The van der Waals surface area contributed by atoms with E-state index < -0.39 is 35.8 Å². The van der Waals surface area contributed by atoms with E-state index in [2.05, 4.69) is 23.3 Å². The molecule has 0 saturated carbocycles. The molecule has 0 aromatic heterocycles. The number of unbranched alkanes of at least 4 members (excludes halogenated alkanes) is 28. The van der Waals surface area contributed by atoms with Crippen molar-refractivity contribution in [2.45, 2.75) is 219 Å². The summed E-state index contributed by atoms with van der Waals surface area (Å²) in [6.45, 7) is 4.50. The molecule has 0 aliphatic rings. The Hall–Kier alpha value is -2.04. The second kappa shape index (κ2) is 46.3. The average Bonchev–Trinajstić information content (AvgIpc) is 3.13. The number of ether oxygens (including phenoxy) is 2. The largest absolute Gasteiger partial charge is 2.00 e. The summed E-state index contributed by atoms with van der Waals surface area (Å²) in [6.07, 6.45) is 40.2. The molecule has 0 rings (SSSR count). The molecule has 0 N–H and O–H groups in total. The van der Waals surface area contributed by atoms with Gasteiger partial charge in [0.15, 0.2) is 0 Å². The first-order valence-electron chi connectivity index (χ1n) is 21.4. The molecule has 0 heterocycles. The van der Waals surface area contributed by atoms with Crippen molar-refractivity contribution in [3.8, 4) is 0 Å². The standard InChI is InChI=1S/2C22H38O5.Ca/c2*1-2-3-4-5-6-7-8-9-10-11-12-13-14-15-16-17-21(25)27-22(26)19-18-20(23)24;/h2*18-19H,2-17H2,1H3,(H,23,24);/q;;+2/p-2. The molecule has 0 atom stereocenters. The molecule has 0 aromatic rings. The number of carbonyl (C=O) groups is 6. The fourth-order valence-electron chi connectivity index (χ4n) is 5.95. The van der Waals surface area contributed by atoms with Gasteiger partial charge in [-0.25, -0.2) is 9.59 Å². The van der Waals surface area contributed by atoms with E-state index >= 15 is 0 Å². The number of hydrogen-bond acceptors (Lipinski definition) is 10. The van der Waals surface area contributed by atoms with E-state index in [1.165, 1.54) is 154 Å². The van der Waals surface area contributed by atoms with Gasteiger partial charge in [-0.3, -0.25) is 9.59 Å². The number of carbonyl (C=O) groups excluding carboxylic acids is 6. The zero-order valence-corrected chi connectivity index (χ0v) is 36.9. The predicted molar refractivity (Wildman–Crippen MR) is 215 cm³/mol. The van der Waals surface area contributed by atoms with Crippen molar-refractivity contribution in [1.82, 2.24) is 0 Å².